The molecule has 45 heavy (non-hydrogen) atoms. The summed E-state index contributed by atoms with van der Waals surface area (Å²) in [6.07, 6.45) is -4.92. The number of aromatic amines is 1. The van der Waals surface area contributed by atoms with Crippen LogP contribution in [0.1, 0.15) is 18.7 Å². The maximum atomic E-state index is 14.4. The summed E-state index contributed by atoms with van der Waals surface area (Å²) in [5.41, 5.74) is 3.95. The Morgan fingerprint density at radius 2 is 1.67 bits per heavy atom. The number of aromatic nitrogens is 6. The zero-order valence-electron chi connectivity index (χ0n) is 22.5. The van der Waals surface area contributed by atoms with Gasteiger partial charge in [-0.2, -0.15) is 36.4 Å². The van der Waals surface area contributed by atoms with E-state index in [2.05, 4.69) is 25.3 Å². The number of fused-ring (bicyclic) bond motifs is 1. The summed E-state index contributed by atoms with van der Waals surface area (Å²) in [7, 11) is 0. The third-order valence-corrected chi connectivity index (χ3v) is 6.51. The van der Waals surface area contributed by atoms with E-state index in [0.717, 1.165) is 17.5 Å². The van der Waals surface area contributed by atoms with E-state index in [1.54, 1.807) is 35.5 Å². The van der Waals surface area contributed by atoms with Gasteiger partial charge in [0.1, 0.15) is 17.2 Å². The van der Waals surface area contributed by atoms with Crippen molar-refractivity contribution in [1.29, 1.82) is 0 Å². The number of amides is 1. The highest BCUT2D eigenvalue weighted by Crippen LogP contribution is 2.32. The van der Waals surface area contributed by atoms with Crippen molar-refractivity contribution in [3.05, 3.63) is 66.7 Å². The van der Waals surface area contributed by atoms with E-state index in [0.29, 0.717) is 53.8 Å². The number of nitrogens with zero attached hydrogens (tertiary/aromatic N) is 6. The molecule has 0 unspecified atom stereocenters. The third kappa shape index (κ3) is 6.58. The molecule has 0 spiro atoms. The van der Waals surface area contributed by atoms with Crippen molar-refractivity contribution < 1.29 is 49.6 Å². The van der Waals surface area contributed by atoms with Crippen molar-refractivity contribution in [3.8, 4) is 33.9 Å². The molecule has 234 valence electrons. The number of carbonyl (C=O) groups is 3. The van der Waals surface area contributed by atoms with E-state index in [1.165, 1.54) is 6.07 Å². The number of rotatable bonds is 6. The van der Waals surface area contributed by atoms with Gasteiger partial charge in [-0.1, -0.05) is 17.3 Å². The van der Waals surface area contributed by atoms with Crippen LogP contribution >= 0.6 is 0 Å². The quantitative estimate of drug-likeness (QED) is 0.204. The molecule has 5 aromatic rings. The van der Waals surface area contributed by atoms with Crippen molar-refractivity contribution in [2.24, 2.45) is 0 Å². The first-order valence-corrected chi connectivity index (χ1v) is 12.8. The smallest absolute Gasteiger partial charge is 0.337 e. The monoisotopic (exact) mass is 637 g/mol. The van der Waals surface area contributed by atoms with Crippen molar-refractivity contribution in [2.45, 2.75) is 31.7 Å². The molecule has 0 aliphatic carbocycles. The molecule has 1 aliphatic heterocycles. The van der Waals surface area contributed by atoms with Gasteiger partial charge in [-0.15, -0.1) is 0 Å². The SMILES string of the molecule is O=C(C(=O)C(F)(F)F)C(F)(F)F.O=C1CCCN1Cc1nc(-c2cnc3ccc(-c4cn[nH]c4-c4ccccc4F)cn23)no1. The molecule has 6 rings (SSSR count). The summed E-state index contributed by atoms with van der Waals surface area (Å²) in [5, 5.41) is 11.1. The summed E-state index contributed by atoms with van der Waals surface area (Å²) in [5.74, 6) is -6.29. The van der Waals surface area contributed by atoms with Crippen molar-refractivity contribution in [2.75, 3.05) is 6.54 Å². The fraction of sp³-hybridized carbons (Fsp3) is 0.222. The Hall–Kier alpha value is -5.42. The van der Waals surface area contributed by atoms with Crippen molar-refractivity contribution in [1.82, 2.24) is 34.6 Å². The lowest BCUT2D eigenvalue weighted by atomic mass is 10.0. The number of alkyl halides is 6. The van der Waals surface area contributed by atoms with Gasteiger partial charge in [0.25, 0.3) is 0 Å². The van der Waals surface area contributed by atoms with Crippen LogP contribution in [0.4, 0.5) is 30.7 Å². The minimum atomic E-state index is -5.77. The highest BCUT2D eigenvalue weighted by Gasteiger charge is 2.54. The van der Waals surface area contributed by atoms with Gasteiger partial charge in [0.15, 0.2) is 0 Å². The molecule has 1 aromatic carbocycles. The van der Waals surface area contributed by atoms with E-state index in [4.69, 9.17) is 4.52 Å². The fourth-order valence-electron chi connectivity index (χ4n) is 4.39. The molecule has 1 amide bonds. The Kier molecular flexibility index (Phi) is 8.22. The minimum Gasteiger partial charge on any atom is -0.337 e. The zero-order valence-corrected chi connectivity index (χ0v) is 22.5. The average Bonchev–Trinajstić information content (AvgIpc) is 3.79. The van der Waals surface area contributed by atoms with Crippen LogP contribution in [0.25, 0.3) is 39.5 Å². The number of ketones is 2. The number of halogens is 7. The van der Waals surface area contributed by atoms with Crippen LogP contribution in [-0.4, -0.2) is 71.0 Å². The van der Waals surface area contributed by atoms with Gasteiger partial charge in [0, 0.05) is 35.9 Å². The first kappa shape index (κ1) is 31.0. The van der Waals surface area contributed by atoms with Gasteiger partial charge in [-0.3, -0.25) is 23.9 Å². The Balaban J connectivity index is 0.000000286. The number of pyridine rings is 1. The van der Waals surface area contributed by atoms with Crippen LogP contribution < -0.4 is 0 Å². The van der Waals surface area contributed by atoms with Crippen LogP contribution in [0.5, 0.6) is 0 Å². The third-order valence-electron chi connectivity index (χ3n) is 6.51. The Morgan fingerprint density at radius 1 is 0.956 bits per heavy atom. The first-order chi connectivity index (χ1) is 21.2. The largest absolute Gasteiger partial charge is 0.458 e. The first-order valence-electron chi connectivity index (χ1n) is 12.8. The molecule has 1 aliphatic rings. The molecule has 5 heterocycles. The van der Waals surface area contributed by atoms with Crippen LogP contribution in [0.3, 0.4) is 0 Å². The van der Waals surface area contributed by atoms with E-state index in [9.17, 15) is 45.1 Å². The molecule has 0 saturated carbocycles. The van der Waals surface area contributed by atoms with E-state index in [1.807, 2.05) is 22.7 Å². The van der Waals surface area contributed by atoms with Gasteiger partial charge < -0.3 is 9.42 Å². The summed E-state index contributed by atoms with van der Waals surface area (Å²) in [6, 6.07) is 10.3. The standard InChI is InChI=1S/C23H18FN7O2.C4F6O2/c24-17-5-2-1-4-15(17)22-16(10-26-28-22)14-7-8-19-25-11-18(31(19)12-14)23-27-20(33-29-23)13-30-9-3-6-21(30)32;5-3(6,7)1(11)2(12)4(8,9)10/h1-2,4-5,7-8,10-12H,3,6,9,13H2,(H,26,28);. The molecular formula is C27H18F7N7O4. The molecule has 0 atom stereocenters. The number of nitrogens with one attached hydrogen (secondary N) is 1. The highest BCUT2D eigenvalue weighted by atomic mass is 19.4. The highest BCUT2D eigenvalue weighted by molar-refractivity contribution is 6.41. The molecule has 18 heteroatoms. The summed E-state index contributed by atoms with van der Waals surface area (Å²) < 4.78 is 88.6. The van der Waals surface area contributed by atoms with E-state index >= 15 is 0 Å². The Bertz CT molecular complexity index is 1870. The second kappa shape index (κ2) is 11.9. The molecule has 1 fully saturated rings. The molecular weight excluding hydrogens is 619 g/mol. The topological polar surface area (TPSA) is 139 Å². The summed E-state index contributed by atoms with van der Waals surface area (Å²) in [4.78, 5) is 41.7. The molecule has 0 radical (unpaired) electrons. The Morgan fingerprint density at radius 3 is 2.31 bits per heavy atom. The van der Waals surface area contributed by atoms with Gasteiger partial charge in [-0.25, -0.2) is 9.37 Å². The zero-order chi connectivity index (χ0) is 32.5. The lowest BCUT2D eigenvalue weighted by molar-refractivity contribution is -0.193. The number of H-pyrrole nitrogens is 1. The number of carbonyl (C=O) groups excluding carboxylic acids is 3. The molecule has 0 bridgehead atoms. The lowest BCUT2D eigenvalue weighted by Crippen LogP contribution is -2.39. The van der Waals surface area contributed by atoms with Gasteiger partial charge in [0.2, 0.25) is 17.6 Å². The average molecular weight is 637 g/mol. The summed E-state index contributed by atoms with van der Waals surface area (Å²) in [6.45, 7) is 0.999. The predicted octanol–water partition coefficient (Wildman–Crippen LogP) is 4.95. The number of hydrogen-bond donors (Lipinski definition) is 1. The molecule has 11 nitrogen and oxygen atoms in total. The number of hydrogen-bond acceptors (Lipinski definition) is 8. The number of Topliss-reactive ketones (excluding diaryl/α,β-unsaturated/α-hetero) is 2. The predicted molar refractivity (Wildman–Crippen MR) is 138 cm³/mol. The second-order valence-electron chi connectivity index (χ2n) is 9.51. The number of imidazole rings is 1. The van der Waals surface area contributed by atoms with Gasteiger partial charge in [0.05, 0.1) is 24.6 Å². The summed E-state index contributed by atoms with van der Waals surface area (Å²) >= 11 is 0. The normalized spacial score (nSPS) is 13.7. The molecule has 4 aromatic heterocycles. The van der Waals surface area contributed by atoms with Crippen molar-refractivity contribution in [3.63, 3.8) is 0 Å². The lowest BCUT2D eigenvalue weighted by Gasteiger charge is -2.11. The van der Waals surface area contributed by atoms with E-state index in [-0.39, 0.29) is 11.7 Å². The van der Waals surface area contributed by atoms with Crippen LogP contribution in [0, 0.1) is 5.82 Å². The maximum Gasteiger partial charge on any atom is 0.458 e. The van der Waals surface area contributed by atoms with Crippen LogP contribution in [0.2, 0.25) is 0 Å². The van der Waals surface area contributed by atoms with Gasteiger partial charge in [-0.05, 0) is 30.7 Å². The Labute approximate surface area is 246 Å². The van der Waals surface area contributed by atoms with E-state index < -0.39 is 23.9 Å². The molecule has 1 N–H and O–H groups in total. The van der Waals surface area contributed by atoms with Crippen LogP contribution in [0.15, 0.2) is 59.5 Å². The second-order valence-corrected chi connectivity index (χ2v) is 9.51. The number of likely N-dealkylation sites (tertiary alicyclic amines) is 1. The minimum absolute atomic E-state index is 0.0972. The fourth-order valence-corrected chi connectivity index (χ4v) is 4.39. The van der Waals surface area contributed by atoms with Crippen molar-refractivity contribution >= 4 is 23.1 Å². The maximum absolute atomic E-state index is 14.4. The van der Waals surface area contributed by atoms with Crippen LogP contribution in [-0.2, 0) is 20.9 Å². The van der Waals surface area contributed by atoms with Gasteiger partial charge >= 0.3 is 23.9 Å². The molecule has 1 saturated heterocycles. The number of benzene rings is 1.